The van der Waals surface area contributed by atoms with Gasteiger partial charge in [0.05, 0.1) is 19.3 Å². The highest BCUT2D eigenvalue weighted by Gasteiger charge is 2.39. The van der Waals surface area contributed by atoms with E-state index in [4.69, 9.17) is 29.5 Å². The lowest BCUT2D eigenvalue weighted by molar-refractivity contribution is -0.193. The zero-order valence-electron chi connectivity index (χ0n) is 19.7. The van der Waals surface area contributed by atoms with Crippen LogP contribution in [-0.2, 0) is 20.9 Å². The SMILES string of the molecule is O=C(O)C(F)(F)F.O=C(O)C(F)(F)F.c1cc(CN2CCOCC2c2nccc(NC3CCC3)n2)ccn1. The quantitative estimate of drug-likeness (QED) is 0.470. The predicted octanol–water partition coefficient (Wildman–Crippen LogP) is 3.68. The van der Waals surface area contributed by atoms with Crippen LogP contribution in [0, 0.1) is 0 Å². The minimum absolute atomic E-state index is 0.0926. The molecule has 1 unspecified atom stereocenters. The number of nitrogens with zero attached hydrogens (tertiary/aromatic N) is 4. The van der Waals surface area contributed by atoms with E-state index in [1.165, 1.54) is 24.8 Å². The second-order valence-electron chi connectivity index (χ2n) is 8.09. The highest BCUT2D eigenvalue weighted by atomic mass is 19.4. The van der Waals surface area contributed by atoms with E-state index >= 15 is 0 Å². The minimum Gasteiger partial charge on any atom is -0.475 e. The average molecular weight is 553 g/mol. The molecule has 0 bridgehead atoms. The van der Waals surface area contributed by atoms with Crippen molar-refractivity contribution < 1.29 is 50.9 Å². The molecule has 2 aromatic heterocycles. The summed E-state index contributed by atoms with van der Waals surface area (Å²) >= 11 is 0. The first-order chi connectivity index (χ1) is 17.8. The molecule has 3 heterocycles. The highest BCUT2D eigenvalue weighted by molar-refractivity contribution is 5.73. The summed E-state index contributed by atoms with van der Waals surface area (Å²) in [4.78, 5) is 33.5. The molecule has 10 nitrogen and oxygen atoms in total. The number of halogens is 6. The van der Waals surface area contributed by atoms with Gasteiger partial charge in [-0.3, -0.25) is 9.88 Å². The van der Waals surface area contributed by atoms with Crippen molar-refractivity contribution >= 4 is 17.8 Å². The fraction of sp³-hybridized carbons (Fsp3) is 0.500. The van der Waals surface area contributed by atoms with Crippen molar-refractivity contribution in [3.63, 3.8) is 0 Å². The fourth-order valence-electron chi connectivity index (χ4n) is 3.16. The number of carboxylic acid groups (broad SMARTS) is 2. The van der Waals surface area contributed by atoms with Crippen LogP contribution in [0.1, 0.15) is 36.7 Å². The van der Waals surface area contributed by atoms with E-state index in [2.05, 4.69) is 32.3 Å². The van der Waals surface area contributed by atoms with Crippen LogP contribution >= 0.6 is 0 Å². The number of alkyl halides is 6. The molecule has 2 aliphatic rings. The molecule has 2 fully saturated rings. The third-order valence-corrected chi connectivity index (χ3v) is 5.29. The third kappa shape index (κ3) is 10.5. The van der Waals surface area contributed by atoms with E-state index < -0.39 is 24.3 Å². The number of hydrogen-bond donors (Lipinski definition) is 3. The van der Waals surface area contributed by atoms with Gasteiger partial charge >= 0.3 is 24.3 Å². The molecule has 0 radical (unpaired) electrons. The number of nitrogens with one attached hydrogen (secondary N) is 1. The summed E-state index contributed by atoms with van der Waals surface area (Å²) in [6.45, 7) is 3.14. The van der Waals surface area contributed by atoms with Gasteiger partial charge < -0.3 is 20.3 Å². The van der Waals surface area contributed by atoms with Gasteiger partial charge in [0.15, 0.2) is 0 Å². The lowest BCUT2D eigenvalue weighted by Crippen LogP contribution is -2.40. The van der Waals surface area contributed by atoms with Crippen molar-refractivity contribution in [1.29, 1.82) is 0 Å². The monoisotopic (exact) mass is 553 g/mol. The van der Waals surface area contributed by atoms with E-state index in [1.807, 2.05) is 24.7 Å². The molecule has 0 aromatic carbocycles. The van der Waals surface area contributed by atoms with Gasteiger partial charge in [0.25, 0.3) is 0 Å². The molecular formula is C22H25F6N5O5. The van der Waals surface area contributed by atoms with Gasteiger partial charge in [-0.25, -0.2) is 19.6 Å². The summed E-state index contributed by atoms with van der Waals surface area (Å²) in [6.07, 6.45) is -0.858. The number of carboxylic acids is 2. The standard InChI is InChI=1S/C18H23N5O.2C2HF3O2/c1-2-15(3-1)21-17-6-9-20-18(22-17)16-13-24-11-10-23(16)12-14-4-7-19-8-5-14;2*3-2(4,5)1(6)7/h4-9,15-16H,1-3,10-13H2,(H,20,21,22);2*(H,6,7). The molecule has 1 aliphatic heterocycles. The van der Waals surface area contributed by atoms with E-state index in [0.29, 0.717) is 12.6 Å². The highest BCUT2D eigenvalue weighted by Crippen LogP contribution is 2.26. The lowest BCUT2D eigenvalue weighted by atomic mass is 9.93. The first kappa shape index (κ1) is 30.7. The molecule has 0 spiro atoms. The maximum absolute atomic E-state index is 10.6. The predicted molar refractivity (Wildman–Crippen MR) is 119 cm³/mol. The molecule has 0 amide bonds. The second-order valence-corrected chi connectivity index (χ2v) is 8.09. The molecule has 2 aromatic rings. The van der Waals surface area contributed by atoms with E-state index in [0.717, 1.165) is 31.3 Å². The number of rotatable bonds is 5. The molecule has 1 saturated carbocycles. The molecule has 4 rings (SSSR count). The van der Waals surface area contributed by atoms with Gasteiger partial charge in [-0.15, -0.1) is 0 Å². The average Bonchev–Trinajstić information content (AvgIpc) is 2.82. The molecule has 210 valence electrons. The van der Waals surface area contributed by atoms with Crippen LogP contribution in [0.15, 0.2) is 36.8 Å². The zero-order valence-corrected chi connectivity index (χ0v) is 19.7. The van der Waals surface area contributed by atoms with Gasteiger partial charge in [0, 0.05) is 37.7 Å². The molecule has 38 heavy (non-hydrogen) atoms. The smallest absolute Gasteiger partial charge is 0.475 e. The van der Waals surface area contributed by atoms with Crippen LogP contribution in [0.5, 0.6) is 0 Å². The second kappa shape index (κ2) is 13.9. The topological polar surface area (TPSA) is 138 Å². The normalized spacial score (nSPS) is 18.1. The summed E-state index contributed by atoms with van der Waals surface area (Å²) in [6, 6.07) is 6.74. The third-order valence-electron chi connectivity index (χ3n) is 5.29. The molecule has 3 N–H and O–H groups in total. The number of carbonyl (C=O) groups is 2. The number of hydrogen-bond acceptors (Lipinski definition) is 8. The van der Waals surface area contributed by atoms with Crippen LogP contribution in [0.25, 0.3) is 0 Å². The maximum atomic E-state index is 10.6. The van der Waals surface area contributed by atoms with E-state index in [1.54, 1.807) is 0 Å². The summed E-state index contributed by atoms with van der Waals surface area (Å²) in [5, 5.41) is 17.8. The number of aliphatic carboxylic acids is 2. The number of ether oxygens (including phenoxy) is 1. The number of morpholine rings is 1. The first-order valence-electron chi connectivity index (χ1n) is 11.2. The van der Waals surface area contributed by atoms with Crippen LogP contribution in [0.3, 0.4) is 0 Å². The molecule has 1 saturated heterocycles. The Balaban J connectivity index is 0.000000301. The summed E-state index contributed by atoms with van der Waals surface area (Å²) in [5.41, 5.74) is 1.25. The Morgan fingerprint density at radius 2 is 1.58 bits per heavy atom. The fourth-order valence-corrected chi connectivity index (χ4v) is 3.16. The Labute approximate surface area is 212 Å². The van der Waals surface area contributed by atoms with E-state index in [9.17, 15) is 26.3 Å². The number of anilines is 1. The zero-order chi connectivity index (χ0) is 28.3. The molecule has 1 aliphatic carbocycles. The Bertz CT molecular complexity index is 1010. The van der Waals surface area contributed by atoms with Gasteiger partial charge in [-0.05, 0) is 43.0 Å². The Kier molecular flexibility index (Phi) is 11.2. The van der Waals surface area contributed by atoms with Gasteiger partial charge in [0.1, 0.15) is 11.6 Å². The van der Waals surface area contributed by atoms with Crippen molar-refractivity contribution in [2.75, 3.05) is 25.1 Å². The van der Waals surface area contributed by atoms with Crippen molar-refractivity contribution in [2.45, 2.75) is 50.2 Å². The first-order valence-corrected chi connectivity index (χ1v) is 11.2. The Morgan fingerprint density at radius 3 is 2.08 bits per heavy atom. The van der Waals surface area contributed by atoms with Gasteiger partial charge in [-0.1, -0.05) is 0 Å². The lowest BCUT2D eigenvalue weighted by Gasteiger charge is -2.34. The van der Waals surface area contributed by atoms with Crippen LogP contribution in [-0.4, -0.2) is 80.2 Å². The minimum atomic E-state index is -5.08. The van der Waals surface area contributed by atoms with Crippen LogP contribution in [0.4, 0.5) is 32.2 Å². The van der Waals surface area contributed by atoms with Gasteiger partial charge in [0.2, 0.25) is 0 Å². The molecule has 16 heteroatoms. The van der Waals surface area contributed by atoms with Crippen molar-refractivity contribution in [3.05, 3.63) is 48.2 Å². The summed E-state index contributed by atoms with van der Waals surface area (Å²) < 4.78 is 69.2. The molecule has 1 atom stereocenters. The maximum Gasteiger partial charge on any atom is 0.490 e. The Hall–Kier alpha value is -3.53. The number of aromatic nitrogens is 3. The van der Waals surface area contributed by atoms with Crippen molar-refractivity contribution in [2.24, 2.45) is 0 Å². The van der Waals surface area contributed by atoms with E-state index in [-0.39, 0.29) is 6.04 Å². The van der Waals surface area contributed by atoms with Crippen LogP contribution < -0.4 is 5.32 Å². The Morgan fingerprint density at radius 1 is 1.00 bits per heavy atom. The van der Waals surface area contributed by atoms with Crippen molar-refractivity contribution in [3.8, 4) is 0 Å². The molecular weight excluding hydrogens is 528 g/mol. The summed E-state index contributed by atoms with van der Waals surface area (Å²) in [7, 11) is 0. The van der Waals surface area contributed by atoms with Gasteiger partial charge in [-0.2, -0.15) is 26.3 Å². The number of pyridine rings is 1. The van der Waals surface area contributed by atoms with Crippen molar-refractivity contribution in [1.82, 2.24) is 19.9 Å². The summed E-state index contributed by atoms with van der Waals surface area (Å²) in [5.74, 6) is -3.74. The largest absolute Gasteiger partial charge is 0.490 e. The van der Waals surface area contributed by atoms with Crippen LogP contribution in [0.2, 0.25) is 0 Å².